The molecule has 2 N–H and O–H groups in total. The molecule has 0 unspecified atom stereocenters. The van der Waals surface area contributed by atoms with Gasteiger partial charge in [-0.15, -0.1) is 10.2 Å². The average molecular weight is 314 g/mol. The number of sulfone groups is 1. The predicted octanol–water partition coefficient (Wildman–Crippen LogP) is 1.75. The lowest BCUT2D eigenvalue weighted by Crippen LogP contribution is -2.18. The number of anilines is 2. The minimum atomic E-state index is -3.34. The molecule has 0 saturated heterocycles. The van der Waals surface area contributed by atoms with Gasteiger partial charge in [-0.3, -0.25) is 0 Å². The van der Waals surface area contributed by atoms with Gasteiger partial charge in [0.2, 0.25) is 19.3 Å². The third-order valence-corrected chi connectivity index (χ3v) is 4.69. The van der Waals surface area contributed by atoms with Gasteiger partial charge in [0.25, 0.3) is 0 Å². The van der Waals surface area contributed by atoms with Gasteiger partial charge in [-0.2, -0.15) is 0 Å². The highest BCUT2D eigenvalue weighted by Crippen LogP contribution is 2.19. The van der Waals surface area contributed by atoms with Gasteiger partial charge in [-0.25, -0.2) is 8.42 Å². The highest BCUT2D eigenvalue weighted by Gasteiger charge is 2.14. The van der Waals surface area contributed by atoms with E-state index in [-0.39, 0.29) is 4.34 Å². The van der Waals surface area contributed by atoms with Gasteiger partial charge in [-0.05, 0) is 24.4 Å². The largest absolute Gasteiger partial charge is 0.332 e. The van der Waals surface area contributed by atoms with Crippen molar-refractivity contribution in [2.24, 2.45) is 0 Å². The Kier molecular flexibility index (Phi) is 4.08. The van der Waals surface area contributed by atoms with Crippen LogP contribution in [-0.4, -0.2) is 30.0 Å². The van der Waals surface area contributed by atoms with Crippen molar-refractivity contribution in [3.05, 3.63) is 30.3 Å². The number of rotatable bonds is 3. The molecule has 0 radical (unpaired) electrons. The Balaban J connectivity index is 2.02. The maximum Gasteiger partial charge on any atom is 0.234 e. The Morgan fingerprint density at radius 2 is 1.89 bits per heavy atom. The van der Waals surface area contributed by atoms with Crippen molar-refractivity contribution in [2.75, 3.05) is 16.9 Å². The molecule has 2 aromatic rings. The molecular weight excluding hydrogens is 304 g/mol. The van der Waals surface area contributed by atoms with Crippen LogP contribution in [-0.2, 0) is 9.84 Å². The number of benzene rings is 1. The lowest BCUT2D eigenvalue weighted by atomic mass is 10.3. The fraction of sp³-hybridized carbons (Fsp3) is 0.100. The summed E-state index contributed by atoms with van der Waals surface area (Å²) in [6, 6.07) is 9.35. The second kappa shape index (κ2) is 5.59. The van der Waals surface area contributed by atoms with E-state index in [0.29, 0.717) is 10.2 Å². The van der Waals surface area contributed by atoms with Crippen LogP contribution in [0.1, 0.15) is 0 Å². The first-order valence-corrected chi connectivity index (χ1v) is 8.23. The third kappa shape index (κ3) is 3.94. The number of nitrogens with one attached hydrogen (secondary N) is 2. The standard InChI is InChI=1S/C10H10N4O2S3/c1-19(15,16)10-14-13-9(18-10)12-8(17)11-7-5-3-2-4-6-7/h2-6H,1H3,(H2,11,12,13,17). The first kappa shape index (κ1) is 13.8. The molecule has 1 heterocycles. The first-order chi connectivity index (χ1) is 8.95. The summed E-state index contributed by atoms with van der Waals surface area (Å²) in [5.41, 5.74) is 0.827. The van der Waals surface area contributed by atoms with Gasteiger partial charge in [0.15, 0.2) is 5.11 Å². The summed E-state index contributed by atoms with van der Waals surface area (Å²) < 4.78 is 22.5. The van der Waals surface area contributed by atoms with E-state index in [1.807, 2.05) is 30.3 Å². The Labute approximate surface area is 119 Å². The number of aromatic nitrogens is 2. The lowest BCUT2D eigenvalue weighted by Gasteiger charge is -2.07. The molecule has 0 saturated carbocycles. The van der Waals surface area contributed by atoms with Crippen molar-refractivity contribution in [1.29, 1.82) is 0 Å². The zero-order chi connectivity index (χ0) is 13.9. The van der Waals surface area contributed by atoms with Crippen LogP contribution in [0.3, 0.4) is 0 Å². The summed E-state index contributed by atoms with van der Waals surface area (Å²) >= 11 is 6.02. The van der Waals surface area contributed by atoms with Gasteiger partial charge in [0.1, 0.15) is 0 Å². The van der Waals surface area contributed by atoms with Crippen molar-refractivity contribution in [1.82, 2.24) is 10.2 Å². The smallest absolute Gasteiger partial charge is 0.234 e. The summed E-state index contributed by atoms with van der Waals surface area (Å²) in [7, 11) is -3.34. The third-order valence-electron chi connectivity index (χ3n) is 1.98. The molecule has 9 heteroatoms. The molecule has 0 bridgehead atoms. The van der Waals surface area contributed by atoms with Crippen molar-refractivity contribution in [2.45, 2.75) is 4.34 Å². The Morgan fingerprint density at radius 1 is 1.21 bits per heavy atom. The maximum absolute atomic E-state index is 11.3. The van der Waals surface area contributed by atoms with Gasteiger partial charge in [0, 0.05) is 11.9 Å². The predicted molar refractivity (Wildman–Crippen MR) is 79.3 cm³/mol. The van der Waals surface area contributed by atoms with Crippen LogP contribution in [0.2, 0.25) is 0 Å². The van der Waals surface area contributed by atoms with Gasteiger partial charge < -0.3 is 10.6 Å². The molecule has 1 aromatic carbocycles. The summed E-state index contributed by atoms with van der Waals surface area (Å²) in [4.78, 5) is 0. The van der Waals surface area contributed by atoms with Crippen LogP contribution in [0.5, 0.6) is 0 Å². The van der Waals surface area contributed by atoms with Crippen LogP contribution in [0.4, 0.5) is 10.8 Å². The number of para-hydroxylation sites is 1. The molecular formula is C10H10N4O2S3. The van der Waals surface area contributed by atoms with E-state index in [4.69, 9.17) is 12.2 Å². The zero-order valence-corrected chi connectivity index (χ0v) is 12.3. The molecule has 0 amide bonds. The van der Waals surface area contributed by atoms with Gasteiger partial charge in [-0.1, -0.05) is 29.5 Å². The van der Waals surface area contributed by atoms with Crippen molar-refractivity contribution < 1.29 is 8.42 Å². The average Bonchev–Trinajstić information content (AvgIpc) is 2.78. The number of thiocarbonyl (C=S) groups is 1. The zero-order valence-electron chi connectivity index (χ0n) is 9.82. The van der Waals surface area contributed by atoms with E-state index in [9.17, 15) is 8.42 Å². The Hall–Kier alpha value is -1.58. The van der Waals surface area contributed by atoms with Crippen molar-refractivity contribution in [3.63, 3.8) is 0 Å². The van der Waals surface area contributed by atoms with Crippen molar-refractivity contribution in [3.8, 4) is 0 Å². The fourth-order valence-corrected chi connectivity index (χ4v) is 2.98. The molecule has 0 atom stereocenters. The van der Waals surface area contributed by atoms with E-state index < -0.39 is 9.84 Å². The van der Waals surface area contributed by atoms with Crippen molar-refractivity contribution >= 4 is 49.3 Å². The van der Waals surface area contributed by atoms with E-state index in [0.717, 1.165) is 23.3 Å². The molecule has 2 rings (SSSR count). The van der Waals surface area contributed by atoms with Gasteiger partial charge in [0.05, 0.1) is 0 Å². The fourth-order valence-electron chi connectivity index (χ4n) is 1.19. The number of nitrogens with zero attached hydrogens (tertiary/aromatic N) is 2. The molecule has 0 fully saturated rings. The molecule has 100 valence electrons. The highest BCUT2D eigenvalue weighted by atomic mass is 32.2. The van der Waals surface area contributed by atoms with E-state index >= 15 is 0 Å². The highest BCUT2D eigenvalue weighted by molar-refractivity contribution is 7.92. The van der Waals surface area contributed by atoms with Crippen LogP contribution in [0.15, 0.2) is 34.7 Å². The van der Waals surface area contributed by atoms with Crippen LogP contribution in [0, 0.1) is 0 Å². The molecule has 19 heavy (non-hydrogen) atoms. The molecule has 0 aliphatic heterocycles. The normalized spacial score (nSPS) is 11.0. The number of hydrogen-bond donors (Lipinski definition) is 2. The van der Waals surface area contributed by atoms with E-state index in [1.165, 1.54) is 0 Å². The van der Waals surface area contributed by atoms with E-state index in [2.05, 4.69) is 20.8 Å². The minimum absolute atomic E-state index is 0.0440. The second-order valence-electron chi connectivity index (χ2n) is 3.59. The van der Waals surface area contributed by atoms with Gasteiger partial charge >= 0.3 is 0 Å². The topological polar surface area (TPSA) is 84.0 Å². The summed E-state index contributed by atoms with van der Waals surface area (Å²) in [6.07, 6.45) is 1.08. The second-order valence-corrected chi connectivity index (χ2v) is 7.17. The Morgan fingerprint density at radius 3 is 2.47 bits per heavy atom. The SMILES string of the molecule is CS(=O)(=O)c1nnc(NC(=S)Nc2ccccc2)s1. The molecule has 0 aliphatic carbocycles. The first-order valence-electron chi connectivity index (χ1n) is 5.12. The maximum atomic E-state index is 11.3. The van der Waals surface area contributed by atoms with Crippen LogP contribution in [0.25, 0.3) is 0 Å². The molecule has 0 spiro atoms. The quantitative estimate of drug-likeness (QED) is 0.835. The monoisotopic (exact) mass is 314 g/mol. The minimum Gasteiger partial charge on any atom is -0.332 e. The van der Waals surface area contributed by atoms with Crippen LogP contribution < -0.4 is 10.6 Å². The van der Waals surface area contributed by atoms with E-state index in [1.54, 1.807) is 0 Å². The van der Waals surface area contributed by atoms with Crippen LogP contribution >= 0.6 is 23.6 Å². The lowest BCUT2D eigenvalue weighted by molar-refractivity contribution is 0.600. The Bertz CT molecular complexity index is 682. The summed E-state index contributed by atoms with van der Waals surface area (Å²) in [6.45, 7) is 0. The molecule has 0 aliphatic rings. The molecule has 1 aromatic heterocycles. The number of hydrogen-bond acceptors (Lipinski definition) is 6. The summed E-state index contributed by atoms with van der Waals surface area (Å²) in [5.74, 6) is 0. The molecule has 6 nitrogen and oxygen atoms in total. The summed E-state index contributed by atoms with van der Waals surface area (Å²) in [5, 5.41) is 13.7.